The Hall–Kier alpha value is -0.300. The molecular formula is C6H11N. The number of rotatable bonds is 1. The zero-order chi connectivity index (χ0) is 5.11. The zero-order valence-corrected chi connectivity index (χ0v) is 4.70. The smallest absolute Gasteiger partial charge is 0.0180 e. The monoisotopic (exact) mass is 97.1 g/mol. The minimum absolute atomic E-state index is 1.13. The minimum Gasteiger partial charge on any atom is -0.309 e. The van der Waals surface area contributed by atoms with Crippen LogP contribution < -0.4 is 5.32 Å². The molecule has 1 heteroatoms. The van der Waals surface area contributed by atoms with Crippen molar-refractivity contribution >= 4 is 0 Å². The lowest BCUT2D eigenvalue weighted by atomic mass is 10.1. The predicted octanol–water partition coefficient (Wildman–Crippen LogP) is 0.926. The number of hydrogen-bond donors (Lipinski definition) is 1. The Balaban J connectivity index is 2.23. The third-order valence-electron chi connectivity index (χ3n) is 1.20. The summed E-state index contributed by atoms with van der Waals surface area (Å²) < 4.78 is 0. The third kappa shape index (κ3) is 1.03. The van der Waals surface area contributed by atoms with E-state index in [4.69, 9.17) is 0 Å². The van der Waals surface area contributed by atoms with Gasteiger partial charge in [-0.25, -0.2) is 0 Å². The Morgan fingerprint density at radius 2 is 2.43 bits per heavy atom. The summed E-state index contributed by atoms with van der Waals surface area (Å²) in [6.07, 6.45) is 3.48. The molecule has 1 saturated heterocycles. The molecule has 1 rings (SSSR count). The maximum absolute atomic E-state index is 3.18. The molecule has 0 amide bonds. The van der Waals surface area contributed by atoms with Crippen LogP contribution in [0, 0.1) is 0 Å². The number of allylic oxidation sites excluding steroid dienone is 1. The summed E-state index contributed by atoms with van der Waals surface area (Å²) in [6, 6.07) is 0. The van der Waals surface area contributed by atoms with Gasteiger partial charge in [0.2, 0.25) is 0 Å². The van der Waals surface area contributed by atoms with Crippen LogP contribution in [-0.4, -0.2) is 13.1 Å². The normalized spacial score (nSPS) is 18.7. The second-order valence-corrected chi connectivity index (χ2v) is 1.87. The van der Waals surface area contributed by atoms with Crippen LogP contribution in [-0.2, 0) is 0 Å². The average Bonchev–Trinajstić information content (AvgIpc) is 1.55. The van der Waals surface area contributed by atoms with Gasteiger partial charge in [0.25, 0.3) is 0 Å². The van der Waals surface area contributed by atoms with Gasteiger partial charge in [0.05, 0.1) is 0 Å². The molecule has 1 heterocycles. The lowest BCUT2D eigenvalue weighted by Crippen LogP contribution is -2.33. The molecule has 0 aliphatic carbocycles. The van der Waals surface area contributed by atoms with Gasteiger partial charge in [0.1, 0.15) is 0 Å². The Morgan fingerprint density at radius 3 is 2.57 bits per heavy atom. The van der Waals surface area contributed by atoms with Crippen LogP contribution in [0.5, 0.6) is 0 Å². The van der Waals surface area contributed by atoms with Gasteiger partial charge in [0.15, 0.2) is 0 Å². The van der Waals surface area contributed by atoms with E-state index < -0.39 is 0 Å². The number of nitrogens with one attached hydrogen (secondary N) is 1. The first-order valence-electron chi connectivity index (χ1n) is 2.82. The molecule has 40 valence electrons. The molecule has 0 aromatic rings. The fourth-order valence-corrected chi connectivity index (χ4v) is 0.702. The molecule has 0 atom stereocenters. The van der Waals surface area contributed by atoms with Gasteiger partial charge in [0, 0.05) is 13.1 Å². The van der Waals surface area contributed by atoms with Gasteiger partial charge in [-0.15, -0.1) is 0 Å². The Kier molecular flexibility index (Phi) is 1.47. The van der Waals surface area contributed by atoms with Crippen molar-refractivity contribution < 1.29 is 0 Å². The van der Waals surface area contributed by atoms with Crippen molar-refractivity contribution in [2.24, 2.45) is 0 Å². The van der Waals surface area contributed by atoms with Crippen LogP contribution in [0.4, 0.5) is 0 Å². The molecule has 1 nitrogen and oxygen atoms in total. The van der Waals surface area contributed by atoms with Crippen molar-refractivity contribution in [2.45, 2.75) is 13.3 Å². The fourth-order valence-electron chi connectivity index (χ4n) is 0.702. The van der Waals surface area contributed by atoms with Crippen LogP contribution in [0.25, 0.3) is 0 Å². The molecule has 7 heavy (non-hydrogen) atoms. The van der Waals surface area contributed by atoms with Gasteiger partial charge in [-0.05, 0) is 12.0 Å². The highest BCUT2D eigenvalue weighted by atomic mass is 14.9. The van der Waals surface area contributed by atoms with Gasteiger partial charge in [-0.2, -0.15) is 0 Å². The molecule has 0 saturated carbocycles. The SMILES string of the molecule is CCC=C1CNC1. The van der Waals surface area contributed by atoms with E-state index in [9.17, 15) is 0 Å². The predicted molar refractivity (Wildman–Crippen MR) is 31.2 cm³/mol. The molecule has 1 aliphatic heterocycles. The lowest BCUT2D eigenvalue weighted by Gasteiger charge is -2.17. The van der Waals surface area contributed by atoms with Crippen LogP contribution in [0.3, 0.4) is 0 Å². The molecule has 0 unspecified atom stereocenters. The fraction of sp³-hybridized carbons (Fsp3) is 0.667. The molecule has 1 fully saturated rings. The molecule has 0 radical (unpaired) electrons. The molecule has 0 aromatic carbocycles. The molecule has 1 aliphatic rings. The molecule has 0 spiro atoms. The number of hydrogen-bond acceptors (Lipinski definition) is 1. The quantitative estimate of drug-likeness (QED) is 0.480. The maximum atomic E-state index is 3.18. The summed E-state index contributed by atoms with van der Waals surface area (Å²) in [7, 11) is 0. The largest absolute Gasteiger partial charge is 0.309 e. The van der Waals surface area contributed by atoms with Crippen molar-refractivity contribution in [3.8, 4) is 0 Å². The third-order valence-corrected chi connectivity index (χ3v) is 1.20. The summed E-state index contributed by atoms with van der Waals surface area (Å²) >= 11 is 0. The van der Waals surface area contributed by atoms with Crippen molar-refractivity contribution in [3.05, 3.63) is 11.6 Å². The topological polar surface area (TPSA) is 12.0 Å². The van der Waals surface area contributed by atoms with Crippen LogP contribution in [0.15, 0.2) is 11.6 Å². The van der Waals surface area contributed by atoms with Crippen molar-refractivity contribution in [1.29, 1.82) is 0 Å². The summed E-state index contributed by atoms with van der Waals surface area (Å²) in [5.41, 5.74) is 1.57. The van der Waals surface area contributed by atoms with E-state index in [-0.39, 0.29) is 0 Å². The van der Waals surface area contributed by atoms with Crippen molar-refractivity contribution in [3.63, 3.8) is 0 Å². The van der Waals surface area contributed by atoms with Gasteiger partial charge in [-0.1, -0.05) is 13.0 Å². The molecule has 0 aromatic heterocycles. The summed E-state index contributed by atoms with van der Waals surface area (Å²) in [4.78, 5) is 0. The molecular weight excluding hydrogens is 86.1 g/mol. The first kappa shape index (κ1) is 4.85. The summed E-state index contributed by atoms with van der Waals surface area (Å²) in [6.45, 7) is 4.44. The van der Waals surface area contributed by atoms with Gasteiger partial charge < -0.3 is 5.32 Å². The van der Waals surface area contributed by atoms with E-state index in [0.717, 1.165) is 13.1 Å². The second kappa shape index (κ2) is 2.12. The van der Waals surface area contributed by atoms with Gasteiger partial charge in [-0.3, -0.25) is 0 Å². The molecule has 1 N–H and O–H groups in total. The standard InChI is InChI=1S/C6H11N/c1-2-3-6-4-7-5-6/h3,7H,2,4-5H2,1H3. The van der Waals surface area contributed by atoms with Crippen molar-refractivity contribution in [2.75, 3.05) is 13.1 Å². The van der Waals surface area contributed by atoms with Crippen LogP contribution in [0.2, 0.25) is 0 Å². The average molecular weight is 97.2 g/mol. The highest BCUT2D eigenvalue weighted by molar-refractivity contribution is 5.13. The highest BCUT2D eigenvalue weighted by Gasteiger charge is 2.03. The first-order valence-corrected chi connectivity index (χ1v) is 2.82. The minimum atomic E-state index is 1.13. The van der Waals surface area contributed by atoms with Crippen LogP contribution in [0.1, 0.15) is 13.3 Å². The first-order chi connectivity index (χ1) is 3.43. The lowest BCUT2D eigenvalue weighted by molar-refractivity contribution is 0.664. The Morgan fingerprint density at radius 1 is 1.71 bits per heavy atom. The van der Waals surface area contributed by atoms with E-state index in [2.05, 4.69) is 18.3 Å². The summed E-state index contributed by atoms with van der Waals surface area (Å²) in [5.74, 6) is 0. The van der Waals surface area contributed by atoms with E-state index in [1.165, 1.54) is 6.42 Å². The van der Waals surface area contributed by atoms with E-state index in [1.807, 2.05) is 0 Å². The molecule has 0 bridgehead atoms. The van der Waals surface area contributed by atoms with E-state index in [1.54, 1.807) is 5.57 Å². The van der Waals surface area contributed by atoms with Crippen molar-refractivity contribution in [1.82, 2.24) is 5.32 Å². The zero-order valence-electron chi connectivity index (χ0n) is 4.70. The summed E-state index contributed by atoms with van der Waals surface area (Å²) in [5, 5.41) is 3.18. The maximum Gasteiger partial charge on any atom is 0.0180 e. The van der Waals surface area contributed by atoms with E-state index in [0.29, 0.717) is 0 Å². The van der Waals surface area contributed by atoms with E-state index >= 15 is 0 Å². The Bertz CT molecular complexity index is 78.2. The van der Waals surface area contributed by atoms with Crippen LogP contribution >= 0.6 is 0 Å². The highest BCUT2D eigenvalue weighted by Crippen LogP contribution is 2.00. The van der Waals surface area contributed by atoms with Gasteiger partial charge >= 0.3 is 0 Å². The Labute approximate surface area is 44.4 Å². The second-order valence-electron chi connectivity index (χ2n) is 1.87.